The highest BCUT2D eigenvalue weighted by atomic mass is 14.3. The van der Waals surface area contributed by atoms with Gasteiger partial charge in [0.15, 0.2) is 0 Å². The summed E-state index contributed by atoms with van der Waals surface area (Å²) in [5.41, 5.74) is 0. The third kappa shape index (κ3) is 1.23. The summed E-state index contributed by atoms with van der Waals surface area (Å²) < 4.78 is 0. The zero-order chi connectivity index (χ0) is 6.97. The molecule has 0 aromatic rings. The topological polar surface area (TPSA) is 0 Å². The fraction of sp³-hybridized carbons (Fsp3) is 1.00. The third-order valence-corrected chi connectivity index (χ3v) is 3.38. The van der Waals surface area contributed by atoms with Crippen molar-refractivity contribution in [3.63, 3.8) is 0 Å². The lowest BCUT2D eigenvalue weighted by molar-refractivity contribution is 0.370. The van der Waals surface area contributed by atoms with E-state index in [2.05, 4.69) is 6.92 Å². The minimum Gasteiger partial charge on any atom is -0.0658 e. The predicted molar refractivity (Wildman–Crippen MR) is 46.9 cm³/mol. The standard InChI is InChI=1S/C9H17B/c1-7-3-2-4-8-6-9(5-7)10-8/h7-10H,2-6H2,1H3. The molecule has 1 saturated carbocycles. The Morgan fingerprint density at radius 3 is 2.70 bits per heavy atom. The van der Waals surface area contributed by atoms with E-state index >= 15 is 0 Å². The van der Waals surface area contributed by atoms with Crippen LogP contribution >= 0.6 is 0 Å². The van der Waals surface area contributed by atoms with Gasteiger partial charge in [0, 0.05) is 0 Å². The number of fused-ring (bicyclic) bond motifs is 4. The first kappa shape index (κ1) is 6.76. The minimum absolute atomic E-state index is 1.03. The van der Waals surface area contributed by atoms with Crippen molar-refractivity contribution in [3.8, 4) is 0 Å². The summed E-state index contributed by atoms with van der Waals surface area (Å²) in [6.07, 6.45) is 7.67. The van der Waals surface area contributed by atoms with E-state index in [-0.39, 0.29) is 0 Å². The summed E-state index contributed by atoms with van der Waals surface area (Å²) in [5.74, 6) is 3.32. The van der Waals surface area contributed by atoms with Crippen LogP contribution < -0.4 is 0 Å². The number of rotatable bonds is 0. The van der Waals surface area contributed by atoms with Gasteiger partial charge in [-0.15, -0.1) is 0 Å². The van der Waals surface area contributed by atoms with Gasteiger partial charge in [-0.1, -0.05) is 50.7 Å². The molecular formula is C9H17B. The first-order chi connectivity index (χ1) is 4.84. The third-order valence-electron chi connectivity index (χ3n) is 3.38. The van der Waals surface area contributed by atoms with E-state index < -0.39 is 0 Å². The van der Waals surface area contributed by atoms with Crippen LogP contribution in [0.15, 0.2) is 0 Å². The highest BCUT2D eigenvalue weighted by Gasteiger charge is 2.32. The van der Waals surface area contributed by atoms with Gasteiger partial charge in [-0.3, -0.25) is 0 Å². The summed E-state index contributed by atoms with van der Waals surface area (Å²) in [4.78, 5) is 0. The maximum absolute atomic E-state index is 2.43. The molecule has 0 amide bonds. The Hall–Kier alpha value is 0.0649. The monoisotopic (exact) mass is 136 g/mol. The smallest absolute Gasteiger partial charge is 0.0658 e. The van der Waals surface area contributed by atoms with Crippen molar-refractivity contribution in [1.82, 2.24) is 0 Å². The Kier molecular flexibility index (Phi) is 1.75. The highest BCUT2D eigenvalue weighted by molar-refractivity contribution is 6.43. The summed E-state index contributed by atoms with van der Waals surface area (Å²) in [6, 6.07) is 0. The SMILES string of the molecule is CC1CCCC2BC(C1)C2. The fourth-order valence-corrected chi connectivity index (χ4v) is 2.74. The molecule has 0 radical (unpaired) electrons. The second kappa shape index (κ2) is 2.60. The molecule has 2 aliphatic heterocycles. The molecule has 3 atom stereocenters. The second-order valence-corrected chi connectivity index (χ2v) is 4.48. The van der Waals surface area contributed by atoms with Crippen LogP contribution in [-0.4, -0.2) is 7.28 Å². The van der Waals surface area contributed by atoms with Crippen molar-refractivity contribution in [1.29, 1.82) is 0 Å². The Labute approximate surface area is 64.6 Å². The molecule has 0 nitrogen and oxygen atoms in total. The quantitative estimate of drug-likeness (QED) is 0.449. The molecule has 0 spiro atoms. The molecule has 0 N–H and O–H groups in total. The van der Waals surface area contributed by atoms with Gasteiger partial charge in [0.2, 0.25) is 0 Å². The number of hydrogen-bond donors (Lipinski definition) is 0. The zero-order valence-corrected chi connectivity index (χ0v) is 6.97. The van der Waals surface area contributed by atoms with E-state index in [9.17, 15) is 0 Å². The lowest BCUT2D eigenvalue weighted by atomic mass is 9.37. The van der Waals surface area contributed by atoms with Crippen LogP contribution in [0.1, 0.15) is 39.0 Å². The summed E-state index contributed by atoms with van der Waals surface area (Å²) in [6.45, 7) is 2.43. The van der Waals surface area contributed by atoms with Gasteiger partial charge >= 0.3 is 0 Å². The lowest BCUT2D eigenvalue weighted by Gasteiger charge is -2.38. The molecule has 1 aliphatic carbocycles. The second-order valence-electron chi connectivity index (χ2n) is 4.48. The zero-order valence-electron chi connectivity index (χ0n) is 6.97. The maximum Gasteiger partial charge on any atom is 0.127 e. The Morgan fingerprint density at radius 2 is 1.90 bits per heavy atom. The lowest BCUT2D eigenvalue weighted by Crippen LogP contribution is -2.28. The largest absolute Gasteiger partial charge is 0.127 e. The van der Waals surface area contributed by atoms with Crippen molar-refractivity contribution in [2.45, 2.75) is 50.7 Å². The molecular weight excluding hydrogens is 119 g/mol. The van der Waals surface area contributed by atoms with Crippen LogP contribution in [0.5, 0.6) is 0 Å². The van der Waals surface area contributed by atoms with Crippen LogP contribution in [0.3, 0.4) is 0 Å². The average Bonchev–Trinajstić information content (AvgIpc) is 1.73. The Balaban J connectivity index is 1.88. The van der Waals surface area contributed by atoms with Crippen molar-refractivity contribution in [3.05, 3.63) is 0 Å². The summed E-state index contributed by atoms with van der Waals surface area (Å²) >= 11 is 0. The van der Waals surface area contributed by atoms with Crippen molar-refractivity contribution >= 4 is 7.28 Å². The molecule has 3 unspecified atom stereocenters. The molecule has 3 fully saturated rings. The van der Waals surface area contributed by atoms with E-state index in [1.165, 1.54) is 19.3 Å². The van der Waals surface area contributed by atoms with Crippen LogP contribution in [0.4, 0.5) is 0 Å². The van der Waals surface area contributed by atoms with Gasteiger partial charge in [0.05, 0.1) is 0 Å². The Bertz CT molecular complexity index is 110. The molecule has 10 heavy (non-hydrogen) atoms. The van der Waals surface area contributed by atoms with Crippen molar-refractivity contribution in [2.24, 2.45) is 5.92 Å². The van der Waals surface area contributed by atoms with E-state index in [0.29, 0.717) is 0 Å². The number of hydrogen-bond acceptors (Lipinski definition) is 0. The van der Waals surface area contributed by atoms with Gasteiger partial charge in [-0.05, 0) is 5.92 Å². The van der Waals surface area contributed by atoms with E-state index in [4.69, 9.17) is 0 Å². The molecule has 3 rings (SSSR count). The maximum atomic E-state index is 2.43. The molecule has 1 heteroatoms. The molecule has 0 aromatic carbocycles. The van der Waals surface area contributed by atoms with Crippen LogP contribution in [0.2, 0.25) is 11.6 Å². The molecule has 0 aromatic heterocycles. The fourth-order valence-electron chi connectivity index (χ4n) is 2.74. The van der Waals surface area contributed by atoms with Crippen molar-refractivity contribution in [2.75, 3.05) is 0 Å². The summed E-state index contributed by atoms with van der Waals surface area (Å²) in [7, 11) is 1.57. The van der Waals surface area contributed by atoms with Gasteiger partial charge in [0.1, 0.15) is 7.28 Å². The predicted octanol–water partition coefficient (Wildman–Crippen LogP) is 2.61. The van der Waals surface area contributed by atoms with Gasteiger partial charge in [-0.25, -0.2) is 0 Å². The first-order valence-electron chi connectivity index (χ1n) is 4.84. The molecule has 2 saturated heterocycles. The molecule has 56 valence electrons. The molecule has 2 bridgehead atoms. The molecule has 2 heterocycles. The van der Waals surface area contributed by atoms with Crippen LogP contribution in [0.25, 0.3) is 0 Å². The normalized spacial score (nSPS) is 46.3. The summed E-state index contributed by atoms with van der Waals surface area (Å²) in [5, 5.41) is 0. The average molecular weight is 136 g/mol. The van der Waals surface area contributed by atoms with Crippen molar-refractivity contribution < 1.29 is 0 Å². The van der Waals surface area contributed by atoms with Gasteiger partial charge < -0.3 is 0 Å². The minimum atomic E-state index is 1.03. The van der Waals surface area contributed by atoms with E-state index in [1.54, 1.807) is 20.1 Å². The Morgan fingerprint density at radius 1 is 1.10 bits per heavy atom. The van der Waals surface area contributed by atoms with Crippen LogP contribution in [-0.2, 0) is 0 Å². The molecule has 3 aliphatic rings. The van der Waals surface area contributed by atoms with E-state index in [0.717, 1.165) is 17.6 Å². The van der Waals surface area contributed by atoms with Gasteiger partial charge in [0.25, 0.3) is 0 Å². The van der Waals surface area contributed by atoms with Gasteiger partial charge in [-0.2, -0.15) is 0 Å². The van der Waals surface area contributed by atoms with E-state index in [1.807, 2.05) is 0 Å². The highest BCUT2D eigenvalue weighted by Crippen LogP contribution is 2.45. The first-order valence-corrected chi connectivity index (χ1v) is 4.84. The van der Waals surface area contributed by atoms with Crippen LogP contribution in [0, 0.1) is 5.92 Å².